The van der Waals surface area contributed by atoms with Gasteiger partial charge >= 0.3 is 0 Å². The molecule has 2 rings (SSSR count). The molecule has 2 N–H and O–H groups in total. The monoisotopic (exact) mass is 386 g/mol. The Kier molecular flexibility index (Phi) is 6.92. The maximum absolute atomic E-state index is 11.9. The van der Waals surface area contributed by atoms with Crippen molar-refractivity contribution in [3.63, 3.8) is 0 Å². The molecule has 146 valence electrons. The minimum Gasteiger partial charge on any atom is -0.546 e. The molecule has 10 heteroatoms. The number of hydrazone groups is 1. The number of nitrogens with one attached hydrogen (secondary N) is 1. The molecule has 0 spiro atoms. The first kappa shape index (κ1) is 20.2. The van der Waals surface area contributed by atoms with E-state index in [9.17, 15) is 29.7 Å². The van der Waals surface area contributed by atoms with Crippen molar-refractivity contribution < 1.29 is 39.2 Å². The van der Waals surface area contributed by atoms with Gasteiger partial charge in [0, 0.05) is 0 Å². The summed E-state index contributed by atoms with van der Waals surface area (Å²) in [6, 6.07) is 10.0. The van der Waals surface area contributed by atoms with Gasteiger partial charge in [-0.15, -0.1) is 0 Å². The van der Waals surface area contributed by atoms with Gasteiger partial charge in [-0.05, 0) is 35.9 Å². The van der Waals surface area contributed by atoms with Crippen LogP contribution in [0.3, 0.4) is 0 Å². The van der Waals surface area contributed by atoms with Crippen LogP contribution in [0.2, 0.25) is 0 Å². The number of carbonyl (C=O) groups excluding carboxylic acids is 3. The minimum atomic E-state index is -1.49. The van der Waals surface area contributed by atoms with E-state index in [0.717, 1.165) is 0 Å². The van der Waals surface area contributed by atoms with Crippen molar-refractivity contribution in [3.05, 3.63) is 53.6 Å². The molecule has 0 fully saturated rings. The number of carbonyl (C=O) groups is 3. The zero-order valence-corrected chi connectivity index (χ0v) is 14.3. The SMILES string of the molecule is O=C([O-])COc1ccc(C=NNC(=O)c2ccccc2O)cc1OCC(=O)[O-]. The number of rotatable bonds is 9. The Balaban J connectivity index is 2.11. The largest absolute Gasteiger partial charge is 0.546 e. The van der Waals surface area contributed by atoms with Gasteiger partial charge in [0.2, 0.25) is 0 Å². The average Bonchev–Trinajstić information content (AvgIpc) is 2.65. The Morgan fingerprint density at radius 1 is 1.00 bits per heavy atom. The first-order valence-electron chi connectivity index (χ1n) is 7.77. The third-order valence-corrected chi connectivity index (χ3v) is 3.19. The maximum atomic E-state index is 11.9. The van der Waals surface area contributed by atoms with Crippen LogP contribution in [0.5, 0.6) is 17.2 Å². The van der Waals surface area contributed by atoms with Crippen molar-refractivity contribution in [1.82, 2.24) is 5.43 Å². The first-order valence-corrected chi connectivity index (χ1v) is 7.77. The van der Waals surface area contributed by atoms with Crippen molar-refractivity contribution >= 4 is 24.1 Å². The molecule has 2 aromatic rings. The fourth-order valence-electron chi connectivity index (χ4n) is 2.00. The van der Waals surface area contributed by atoms with Crippen molar-refractivity contribution in [2.45, 2.75) is 0 Å². The first-order chi connectivity index (χ1) is 13.4. The molecule has 0 unspecified atom stereocenters. The summed E-state index contributed by atoms with van der Waals surface area (Å²) in [5.74, 6) is -3.90. The average molecular weight is 386 g/mol. The molecule has 0 aliphatic carbocycles. The Bertz CT molecular complexity index is 910. The Morgan fingerprint density at radius 3 is 2.29 bits per heavy atom. The van der Waals surface area contributed by atoms with Gasteiger partial charge in [-0.3, -0.25) is 4.79 Å². The van der Waals surface area contributed by atoms with E-state index in [1.807, 2.05) is 0 Å². The van der Waals surface area contributed by atoms with Crippen LogP contribution in [-0.4, -0.2) is 42.4 Å². The Hall–Kier alpha value is -4.08. The zero-order chi connectivity index (χ0) is 20.5. The van der Waals surface area contributed by atoms with E-state index in [-0.39, 0.29) is 22.8 Å². The molecular formula is C18H14N2O8-2. The van der Waals surface area contributed by atoms with Crippen LogP contribution in [-0.2, 0) is 9.59 Å². The molecule has 0 saturated heterocycles. The fourth-order valence-corrected chi connectivity index (χ4v) is 2.00. The number of hydrogen-bond donors (Lipinski definition) is 2. The molecule has 0 radical (unpaired) electrons. The third-order valence-electron chi connectivity index (χ3n) is 3.19. The predicted molar refractivity (Wildman–Crippen MR) is 90.6 cm³/mol. The number of phenols is 1. The molecule has 10 nitrogen and oxygen atoms in total. The maximum Gasteiger partial charge on any atom is 0.275 e. The Morgan fingerprint density at radius 2 is 1.64 bits per heavy atom. The van der Waals surface area contributed by atoms with E-state index in [0.29, 0.717) is 5.56 Å². The molecular weight excluding hydrogens is 372 g/mol. The van der Waals surface area contributed by atoms with Gasteiger partial charge in [-0.2, -0.15) is 5.10 Å². The van der Waals surface area contributed by atoms with E-state index in [1.165, 1.54) is 36.5 Å². The van der Waals surface area contributed by atoms with Gasteiger partial charge < -0.3 is 34.4 Å². The van der Waals surface area contributed by atoms with Crippen LogP contribution >= 0.6 is 0 Å². The Labute approximate surface area is 158 Å². The highest BCUT2D eigenvalue weighted by Crippen LogP contribution is 2.28. The highest BCUT2D eigenvalue weighted by atomic mass is 16.5. The molecule has 0 heterocycles. The topological polar surface area (TPSA) is 160 Å². The van der Waals surface area contributed by atoms with Crippen molar-refractivity contribution in [2.75, 3.05) is 13.2 Å². The highest BCUT2D eigenvalue weighted by Gasteiger charge is 2.09. The quantitative estimate of drug-likeness (QED) is 0.385. The van der Waals surface area contributed by atoms with Crippen LogP contribution in [0.1, 0.15) is 15.9 Å². The number of carboxylic acid groups (broad SMARTS) is 2. The van der Waals surface area contributed by atoms with Crippen LogP contribution < -0.4 is 25.1 Å². The molecule has 0 atom stereocenters. The molecule has 0 aliphatic heterocycles. The summed E-state index contributed by atoms with van der Waals surface area (Å²) in [7, 11) is 0. The van der Waals surface area contributed by atoms with Crippen molar-refractivity contribution in [1.29, 1.82) is 0 Å². The van der Waals surface area contributed by atoms with Gasteiger partial charge in [0.15, 0.2) is 11.5 Å². The van der Waals surface area contributed by atoms with Crippen molar-refractivity contribution in [3.8, 4) is 17.2 Å². The van der Waals surface area contributed by atoms with Crippen molar-refractivity contribution in [2.24, 2.45) is 5.10 Å². The van der Waals surface area contributed by atoms with Gasteiger partial charge in [0.05, 0.1) is 23.7 Å². The fraction of sp³-hybridized carbons (Fsp3) is 0.111. The number of aromatic hydroxyl groups is 1. The number of phenolic OH excluding ortho intramolecular Hbond substituents is 1. The van der Waals surface area contributed by atoms with Crippen LogP contribution in [0.4, 0.5) is 0 Å². The molecule has 0 aliphatic rings. The second kappa shape index (κ2) is 9.57. The van der Waals surface area contributed by atoms with Gasteiger partial charge in [0.1, 0.15) is 19.0 Å². The summed E-state index contributed by atoms with van der Waals surface area (Å²) >= 11 is 0. The summed E-state index contributed by atoms with van der Waals surface area (Å²) in [6.07, 6.45) is 1.23. The lowest BCUT2D eigenvalue weighted by atomic mass is 10.2. The van der Waals surface area contributed by atoms with E-state index in [2.05, 4.69) is 10.5 Å². The standard InChI is InChI=1S/C18H16N2O8/c21-13-4-2-1-3-12(13)18(26)20-19-8-11-5-6-14(27-9-16(22)23)15(7-11)28-10-17(24)25/h1-8,21H,9-10H2,(H,20,26)(H,22,23)(H,24,25)/p-2. The highest BCUT2D eigenvalue weighted by molar-refractivity contribution is 5.97. The number of hydrogen-bond acceptors (Lipinski definition) is 9. The van der Waals surface area contributed by atoms with Gasteiger partial charge in [-0.1, -0.05) is 12.1 Å². The number of benzene rings is 2. The molecule has 28 heavy (non-hydrogen) atoms. The van der Waals surface area contributed by atoms with E-state index < -0.39 is 31.1 Å². The predicted octanol–water partition coefficient (Wildman–Crippen LogP) is -1.59. The van der Waals surface area contributed by atoms with Crippen LogP contribution in [0, 0.1) is 0 Å². The second-order valence-electron chi connectivity index (χ2n) is 5.24. The summed E-state index contributed by atoms with van der Waals surface area (Å²) in [4.78, 5) is 33.0. The number of nitrogens with zero attached hydrogens (tertiary/aromatic N) is 1. The third kappa shape index (κ3) is 6.02. The summed E-state index contributed by atoms with van der Waals surface area (Å²) in [5, 5.41) is 34.4. The normalized spacial score (nSPS) is 10.4. The minimum absolute atomic E-state index is 0.0270. The van der Waals surface area contributed by atoms with E-state index >= 15 is 0 Å². The lowest BCUT2D eigenvalue weighted by Crippen LogP contribution is -2.30. The smallest absolute Gasteiger partial charge is 0.275 e. The summed E-state index contributed by atoms with van der Waals surface area (Å²) in [5.41, 5.74) is 2.63. The van der Waals surface area contributed by atoms with Gasteiger partial charge in [0.25, 0.3) is 5.91 Å². The molecule has 0 saturated carbocycles. The number of amides is 1. The van der Waals surface area contributed by atoms with Crippen LogP contribution in [0.15, 0.2) is 47.6 Å². The zero-order valence-electron chi connectivity index (χ0n) is 14.3. The van der Waals surface area contributed by atoms with E-state index in [4.69, 9.17) is 9.47 Å². The van der Waals surface area contributed by atoms with Gasteiger partial charge in [-0.25, -0.2) is 5.43 Å². The summed E-state index contributed by atoms with van der Waals surface area (Å²) < 4.78 is 9.96. The summed E-state index contributed by atoms with van der Waals surface area (Å²) in [6.45, 7) is -1.54. The molecule has 0 aromatic heterocycles. The number of carboxylic acids is 2. The molecule has 0 bridgehead atoms. The second-order valence-corrected chi connectivity index (χ2v) is 5.24. The molecule has 2 aromatic carbocycles. The number of para-hydroxylation sites is 1. The lowest BCUT2D eigenvalue weighted by molar-refractivity contribution is -0.309. The molecule has 1 amide bonds. The number of aliphatic carboxylic acids is 2. The lowest BCUT2D eigenvalue weighted by Gasteiger charge is -2.14. The van der Waals surface area contributed by atoms with E-state index in [1.54, 1.807) is 12.1 Å². The van der Waals surface area contributed by atoms with Crippen LogP contribution in [0.25, 0.3) is 0 Å². The number of ether oxygens (including phenoxy) is 2.